The van der Waals surface area contributed by atoms with Crippen LogP contribution < -0.4 is 10.6 Å². The smallest absolute Gasteiger partial charge is 0.230 e. The van der Waals surface area contributed by atoms with Gasteiger partial charge in [-0.1, -0.05) is 50.1 Å². The van der Waals surface area contributed by atoms with Crippen LogP contribution in [0.4, 0.5) is 0 Å². The number of halogens is 1. The molecule has 1 atom stereocenters. The Labute approximate surface area is 175 Å². The van der Waals surface area contributed by atoms with E-state index in [9.17, 15) is 4.79 Å². The Balaban J connectivity index is 0.00000338. The molecule has 1 aliphatic rings. The molecule has 2 N–H and O–H groups in total. The van der Waals surface area contributed by atoms with Gasteiger partial charge in [-0.2, -0.15) is 0 Å². The molecule has 26 heavy (non-hydrogen) atoms. The number of carbonyl (C=O) groups is 1. The number of nitrogens with zero attached hydrogens (tertiary/aromatic N) is 2. The fraction of sp³-hybridized carbons (Fsp3) is 0.600. The lowest BCUT2D eigenvalue weighted by atomic mass is 9.84. The van der Waals surface area contributed by atoms with Crippen LogP contribution in [0.5, 0.6) is 0 Å². The van der Waals surface area contributed by atoms with Crippen LogP contribution in [0, 0.1) is 5.41 Å². The molecule has 1 saturated carbocycles. The lowest BCUT2D eigenvalue weighted by Crippen LogP contribution is -2.49. The normalized spacial score (nSPS) is 17.2. The Bertz CT molecular complexity index is 583. The van der Waals surface area contributed by atoms with Gasteiger partial charge < -0.3 is 15.5 Å². The molecular formula is C20H33IN4O. The minimum absolute atomic E-state index is 0. The Morgan fingerprint density at radius 3 is 2.35 bits per heavy atom. The summed E-state index contributed by atoms with van der Waals surface area (Å²) in [6, 6.07) is 10.5. The van der Waals surface area contributed by atoms with E-state index in [0.29, 0.717) is 12.5 Å². The molecule has 1 unspecified atom stereocenters. The SMILES string of the molecule is CN=C(NCC(C)c1ccccc1)NCC1(C(=O)N(C)C)CCCC1.I. The molecule has 146 valence electrons. The van der Waals surface area contributed by atoms with Crippen molar-refractivity contribution in [3.05, 3.63) is 35.9 Å². The van der Waals surface area contributed by atoms with E-state index in [0.717, 1.165) is 38.2 Å². The molecule has 1 aliphatic carbocycles. The van der Waals surface area contributed by atoms with Crippen molar-refractivity contribution in [1.29, 1.82) is 0 Å². The summed E-state index contributed by atoms with van der Waals surface area (Å²) in [5.74, 6) is 1.38. The third-order valence-electron chi connectivity index (χ3n) is 5.18. The minimum atomic E-state index is -0.286. The zero-order valence-electron chi connectivity index (χ0n) is 16.4. The van der Waals surface area contributed by atoms with E-state index in [1.807, 2.05) is 20.2 Å². The van der Waals surface area contributed by atoms with Gasteiger partial charge in [0.15, 0.2) is 5.96 Å². The largest absolute Gasteiger partial charge is 0.356 e. The van der Waals surface area contributed by atoms with E-state index in [1.54, 1.807) is 11.9 Å². The van der Waals surface area contributed by atoms with Crippen molar-refractivity contribution in [3.63, 3.8) is 0 Å². The van der Waals surface area contributed by atoms with E-state index < -0.39 is 0 Å². The molecule has 0 aliphatic heterocycles. The van der Waals surface area contributed by atoms with Gasteiger partial charge in [-0.3, -0.25) is 9.79 Å². The number of carbonyl (C=O) groups excluding carboxylic acids is 1. The number of amides is 1. The molecule has 0 heterocycles. The van der Waals surface area contributed by atoms with Gasteiger partial charge in [0.1, 0.15) is 0 Å². The Kier molecular flexibility index (Phi) is 9.39. The molecule has 0 spiro atoms. The Morgan fingerprint density at radius 1 is 1.19 bits per heavy atom. The first-order valence-electron chi connectivity index (χ1n) is 9.20. The summed E-state index contributed by atoms with van der Waals surface area (Å²) < 4.78 is 0. The second-order valence-electron chi connectivity index (χ2n) is 7.31. The second-order valence-corrected chi connectivity index (χ2v) is 7.31. The van der Waals surface area contributed by atoms with Crippen molar-refractivity contribution >= 4 is 35.8 Å². The monoisotopic (exact) mass is 472 g/mol. The number of benzene rings is 1. The van der Waals surface area contributed by atoms with Crippen molar-refractivity contribution in [3.8, 4) is 0 Å². The number of nitrogens with one attached hydrogen (secondary N) is 2. The van der Waals surface area contributed by atoms with Crippen LogP contribution in [-0.2, 0) is 4.79 Å². The van der Waals surface area contributed by atoms with Gasteiger partial charge in [0.2, 0.25) is 5.91 Å². The molecule has 2 rings (SSSR count). The first-order chi connectivity index (χ1) is 12.0. The van der Waals surface area contributed by atoms with Crippen molar-refractivity contribution in [2.75, 3.05) is 34.2 Å². The molecule has 1 amide bonds. The van der Waals surface area contributed by atoms with E-state index in [-0.39, 0.29) is 35.3 Å². The summed E-state index contributed by atoms with van der Waals surface area (Å²) in [6.45, 7) is 3.64. The summed E-state index contributed by atoms with van der Waals surface area (Å²) in [5.41, 5.74) is 1.02. The lowest BCUT2D eigenvalue weighted by molar-refractivity contribution is -0.138. The fourth-order valence-corrected chi connectivity index (χ4v) is 3.62. The summed E-state index contributed by atoms with van der Waals surface area (Å²) in [7, 11) is 5.46. The highest BCUT2D eigenvalue weighted by molar-refractivity contribution is 14.0. The van der Waals surface area contributed by atoms with Crippen LogP contribution in [0.1, 0.15) is 44.1 Å². The number of guanidine groups is 1. The molecular weight excluding hydrogens is 439 g/mol. The quantitative estimate of drug-likeness (QED) is 0.380. The van der Waals surface area contributed by atoms with E-state index in [1.165, 1.54) is 5.56 Å². The number of aliphatic imine (C=N–C) groups is 1. The molecule has 1 fully saturated rings. The highest BCUT2D eigenvalue weighted by Gasteiger charge is 2.42. The average Bonchev–Trinajstić information content (AvgIpc) is 3.11. The summed E-state index contributed by atoms with van der Waals surface area (Å²) in [6.07, 6.45) is 4.15. The van der Waals surface area contributed by atoms with Crippen LogP contribution in [0.25, 0.3) is 0 Å². The summed E-state index contributed by atoms with van der Waals surface area (Å²) >= 11 is 0. The molecule has 6 heteroatoms. The minimum Gasteiger partial charge on any atom is -0.356 e. The Morgan fingerprint density at radius 2 is 1.81 bits per heavy atom. The van der Waals surface area contributed by atoms with Crippen LogP contribution in [-0.4, -0.2) is 51.0 Å². The second kappa shape index (κ2) is 10.7. The molecule has 0 saturated heterocycles. The maximum Gasteiger partial charge on any atom is 0.230 e. The molecule has 1 aromatic rings. The first-order valence-corrected chi connectivity index (χ1v) is 9.20. The zero-order chi connectivity index (χ0) is 18.3. The molecule has 0 aromatic heterocycles. The first kappa shape index (κ1) is 22.7. The van der Waals surface area contributed by atoms with Crippen molar-refractivity contribution in [2.24, 2.45) is 10.4 Å². The van der Waals surface area contributed by atoms with Crippen LogP contribution in [0.3, 0.4) is 0 Å². The van der Waals surface area contributed by atoms with Crippen molar-refractivity contribution in [1.82, 2.24) is 15.5 Å². The maximum absolute atomic E-state index is 12.6. The predicted octanol–water partition coefficient (Wildman–Crippen LogP) is 3.22. The molecule has 0 bridgehead atoms. The van der Waals surface area contributed by atoms with E-state index in [2.05, 4.69) is 46.8 Å². The van der Waals surface area contributed by atoms with Gasteiger partial charge in [0.05, 0.1) is 5.41 Å². The molecule has 0 radical (unpaired) electrons. The standard InChI is InChI=1S/C20H32N4O.HI/c1-16(17-10-6-5-7-11-17)14-22-19(21-2)23-15-20(12-8-9-13-20)18(25)24(3)4;/h5-7,10-11,16H,8-9,12-15H2,1-4H3,(H2,21,22,23);1H. The zero-order valence-corrected chi connectivity index (χ0v) is 18.7. The Hall–Kier alpha value is -1.31. The molecule has 1 aromatic carbocycles. The highest BCUT2D eigenvalue weighted by atomic mass is 127. The third-order valence-corrected chi connectivity index (χ3v) is 5.18. The van der Waals surface area contributed by atoms with Gasteiger partial charge in [0, 0.05) is 34.2 Å². The van der Waals surface area contributed by atoms with Gasteiger partial charge in [0.25, 0.3) is 0 Å². The average molecular weight is 472 g/mol. The van der Waals surface area contributed by atoms with Gasteiger partial charge in [-0.25, -0.2) is 0 Å². The van der Waals surface area contributed by atoms with Gasteiger partial charge in [-0.05, 0) is 24.3 Å². The number of hydrogen-bond acceptors (Lipinski definition) is 2. The van der Waals surface area contributed by atoms with Crippen LogP contribution >= 0.6 is 24.0 Å². The lowest BCUT2D eigenvalue weighted by Gasteiger charge is -2.31. The number of rotatable bonds is 6. The van der Waals surface area contributed by atoms with Crippen LogP contribution in [0.15, 0.2) is 35.3 Å². The third kappa shape index (κ3) is 5.86. The maximum atomic E-state index is 12.6. The van der Waals surface area contributed by atoms with Crippen LogP contribution in [0.2, 0.25) is 0 Å². The summed E-state index contributed by atoms with van der Waals surface area (Å²) in [4.78, 5) is 18.7. The van der Waals surface area contributed by atoms with Crippen molar-refractivity contribution in [2.45, 2.75) is 38.5 Å². The molecule has 5 nitrogen and oxygen atoms in total. The fourth-order valence-electron chi connectivity index (χ4n) is 3.62. The summed E-state index contributed by atoms with van der Waals surface area (Å²) in [5, 5.41) is 6.78. The van der Waals surface area contributed by atoms with E-state index >= 15 is 0 Å². The van der Waals surface area contributed by atoms with Gasteiger partial charge >= 0.3 is 0 Å². The van der Waals surface area contributed by atoms with E-state index in [4.69, 9.17) is 0 Å². The van der Waals surface area contributed by atoms with Crippen molar-refractivity contribution < 1.29 is 4.79 Å². The highest BCUT2D eigenvalue weighted by Crippen LogP contribution is 2.38. The topological polar surface area (TPSA) is 56.7 Å². The van der Waals surface area contributed by atoms with Gasteiger partial charge in [-0.15, -0.1) is 24.0 Å². The number of hydrogen-bond donors (Lipinski definition) is 2. The predicted molar refractivity (Wildman–Crippen MR) is 119 cm³/mol.